The molecule has 0 aromatic heterocycles. The van der Waals surface area contributed by atoms with E-state index < -0.39 is 0 Å². The number of nitrogen functional groups attached to an aromatic ring is 1. The first-order valence-corrected chi connectivity index (χ1v) is 7.08. The quantitative estimate of drug-likeness (QED) is 0.624. The van der Waals surface area contributed by atoms with Crippen LogP contribution in [0.3, 0.4) is 0 Å². The van der Waals surface area contributed by atoms with Crippen molar-refractivity contribution in [2.75, 3.05) is 18.9 Å². The van der Waals surface area contributed by atoms with Crippen molar-refractivity contribution >= 4 is 34.2 Å². The summed E-state index contributed by atoms with van der Waals surface area (Å²) in [5.74, 6) is 0.308. The molecule has 0 bridgehead atoms. The summed E-state index contributed by atoms with van der Waals surface area (Å²) in [6, 6.07) is 5.28. The van der Waals surface area contributed by atoms with Gasteiger partial charge in [0, 0.05) is 21.4 Å². The van der Waals surface area contributed by atoms with Crippen LogP contribution in [0.15, 0.2) is 18.2 Å². The molecular formula is C13H17IN2O2. The molecule has 1 aromatic rings. The molecule has 0 radical (unpaired) electrons. The number of anilines is 1. The van der Waals surface area contributed by atoms with Gasteiger partial charge in [-0.15, -0.1) is 0 Å². The van der Waals surface area contributed by atoms with E-state index in [0.29, 0.717) is 23.7 Å². The van der Waals surface area contributed by atoms with Crippen molar-refractivity contribution in [1.82, 2.24) is 4.90 Å². The Kier molecular flexibility index (Phi) is 4.11. The highest BCUT2D eigenvalue weighted by Crippen LogP contribution is 2.26. The van der Waals surface area contributed by atoms with Gasteiger partial charge >= 0.3 is 0 Å². The monoisotopic (exact) mass is 360 g/mol. The van der Waals surface area contributed by atoms with Crippen LogP contribution in [0.4, 0.5) is 5.69 Å². The van der Waals surface area contributed by atoms with Crippen molar-refractivity contribution in [3.8, 4) is 0 Å². The molecule has 98 valence electrons. The summed E-state index contributed by atoms with van der Waals surface area (Å²) < 4.78 is 0.948. The molecule has 0 saturated carbocycles. The average Bonchev–Trinajstić information content (AvgIpc) is 2.68. The Hall–Kier alpha value is -0.820. The maximum absolute atomic E-state index is 12.4. The van der Waals surface area contributed by atoms with Crippen molar-refractivity contribution < 1.29 is 9.90 Å². The molecule has 4 nitrogen and oxygen atoms in total. The molecule has 3 N–H and O–H groups in total. The summed E-state index contributed by atoms with van der Waals surface area (Å²) in [6.07, 6.45) is 0.941. The van der Waals surface area contributed by atoms with Gasteiger partial charge in [0.05, 0.1) is 12.6 Å². The van der Waals surface area contributed by atoms with Crippen LogP contribution < -0.4 is 5.73 Å². The van der Waals surface area contributed by atoms with E-state index >= 15 is 0 Å². The highest BCUT2D eigenvalue weighted by molar-refractivity contribution is 14.1. The lowest BCUT2D eigenvalue weighted by molar-refractivity contribution is 0.0648. The number of halogens is 1. The zero-order valence-corrected chi connectivity index (χ0v) is 12.4. The second-order valence-electron chi connectivity index (χ2n) is 4.79. The lowest BCUT2D eigenvalue weighted by atomic mass is 10.0. The largest absolute Gasteiger partial charge is 0.399 e. The van der Waals surface area contributed by atoms with Gasteiger partial charge in [-0.3, -0.25) is 4.79 Å². The summed E-state index contributed by atoms with van der Waals surface area (Å²) >= 11 is 2.15. The fourth-order valence-electron chi connectivity index (χ4n) is 2.44. The van der Waals surface area contributed by atoms with E-state index in [9.17, 15) is 9.90 Å². The SMILES string of the molecule is CC1CCN(C(=O)c2cc(N)cc(I)c2)C1CO. The van der Waals surface area contributed by atoms with E-state index in [1.54, 1.807) is 11.0 Å². The number of hydrogen-bond donors (Lipinski definition) is 2. The van der Waals surface area contributed by atoms with E-state index in [0.717, 1.165) is 9.99 Å². The predicted molar refractivity (Wildman–Crippen MR) is 79.3 cm³/mol. The fourth-order valence-corrected chi connectivity index (χ4v) is 3.14. The second-order valence-corrected chi connectivity index (χ2v) is 6.03. The zero-order valence-electron chi connectivity index (χ0n) is 10.3. The fraction of sp³-hybridized carbons (Fsp3) is 0.462. The minimum absolute atomic E-state index is 0.0202. The Morgan fingerprint density at radius 2 is 2.28 bits per heavy atom. The van der Waals surface area contributed by atoms with Crippen LogP contribution in [0.25, 0.3) is 0 Å². The minimum atomic E-state index is -0.0726. The van der Waals surface area contributed by atoms with Gasteiger partial charge in [-0.2, -0.15) is 0 Å². The third-order valence-corrected chi connectivity index (χ3v) is 4.12. The van der Waals surface area contributed by atoms with Gasteiger partial charge in [0.15, 0.2) is 0 Å². The molecule has 2 atom stereocenters. The van der Waals surface area contributed by atoms with Crippen LogP contribution >= 0.6 is 22.6 Å². The number of rotatable bonds is 2. The van der Waals surface area contributed by atoms with Crippen molar-refractivity contribution in [2.24, 2.45) is 5.92 Å². The molecular weight excluding hydrogens is 343 g/mol. The molecule has 0 spiro atoms. The molecule has 1 aliphatic rings. The maximum Gasteiger partial charge on any atom is 0.254 e. The number of nitrogens with two attached hydrogens (primary N) is 1. The molecule has 0 aliphatic carbocycles. The Morgan fingerprint density at radius 3 is 2.89 bits per heavy atom. The lowest BCUT2D eigenvalue weighted by Gasteiger charge is -2.25. The van der Waals surface area contributed by atoms with Gasteiger partial charge in [0.1, 0.15) is 0 Å². The first kappa shape index (κ1) is 13.6. The Balaban J connectivity index is 2.25. The molecule has 1 saturated heterocycles. The Bertz CT molecular complexity index is 444. The smallest absolute Gasteiger partial charge is 0.254 e. The van der Waals surface area contributed by atoms with Gasteiger partial charge in [-0.25, -0.2) is 0 Å². The minimum Gasteiger partial charge on any atom is -0.399 e. The number of aliphatic hydroxyl groups is 1. The van der Waals surface area contributed by atoms with E-state index in [2.05, 4.69) is 29.5 Å². The van der Waals surface area contributed by atoms with Crippen molar-refractivity contribution in [2.45, 2.75) is 19.4 Å². The zero-order chi connectivity index (χ0) is 13.3. The number of aliphatic hydroxyl groups excluding tert-OH is 1. The van der Waals surface area contributed by atoms with E-state index in [4.69, 9.17) is 5.73 Å². The van der Waals surface area contributed by atoms with Crippen LogP contribution in [0.2, 0.25) is 0 Å². The predicted octanol–water partition coefficient (Wildman–Crippen LogP) is 1.72. The third kappa shape index (κ3) is 2.61. The van der Waals surface area contributed by atoms with E-state index in [1.807, 2.05) is 12.1 Å². The van der Waals surface area contributed by atoms with Crippen molar-refractivity contribution in [3.63, 3.8) is 0 Å². The highest BCUT2D eigenvalue weighted by Gasteiger charge is 2.34. The number of benzene rings is 1. The van der Waals surface area contributed by atoms with E-state index in [-0.39, 0.29) is 18.6 Å². The number of carbonyl (C=O) groups excluding carboxylic acids is 1. The number of nitrogens with zero attached hydrogens (tertiary/aromatic N) is 1. The summed E-state index contributed by atoms with van der Waals surface area (Å²) in [4.78, 5) is 14.2. The summed E-state index contributed by atoms with van der Waals surface area (Å²) in [5, 5.41) is 9.39. The van der Waals surface area contributed by atoms with Crippen molar-refractivity contribution in [3.05, 3.63) is 27.3 Å². The highest BCUT2D eigenvalue weighted by atomic mass is 127. The summed E-state index contributed by atoms with van der Waals surface area (Å²) in [5.41, 5.74) is 6.96. The number of hydrogen-bond acceptors (Lipinski definition) is 3. The molecule has 1 fully saturated rings. The van der Waals surface area contributed by atoms with Gasteiger partial charge in [-0.05, 0) is 53.1 Å². The summed E-state index contributed by atoms with van der Waals surface area (Å²) in [6.45, 7) is 2.79. The van der Waals surface area contributed by atoms with Gasteiger partial charge in [-0.1, -0.05) is 6.92 Å². The van der Waals surface area contributed by atoms with Crippen LogP contribution in [-0.4, -0.2) is 35.1 Å². The Labute approximate surface area is 120 Å². The Morgan fingerprint density at radius 1 is 1.56 bits per heavy atom. The molecule has 1 amide bonds. The lowest BCUT2D eigenvalue weighted by Crippen LogP contribution is -2.39. The van der Waals surface area contributed by atoms with Crippen molar-refractivity contribution in [1.29, 1.82) is 0 Å². The van der Waals surface area contributed by atoms with Gasteiger partial charge in [0.25, 0.3) is 5.91 Å². The average molecular weight is 360 g/mol. The topological polar surface area (TPSA) is 66.6 Å². The second kappa shape index (κ2) is 5.44. The van der Waals surface area contributed by atoms with Crippen LogP contribution in [0.1, 0.15) is 23.7 Å². The number of likely N-dealkylation sites (tertiary alicyclic amines) is 1. The number of carbonyl (C=O) groups is 1. The molecule has 5 heteroatoms. The van der Waals surface area contributed by atoms with Crippen LogP contribution in [0, 0.1) is 9.49 Å². The van der Waals surface area contributed by atoms with E-state index in [1.165, 1.54) is 0 Å². The molecule has 1 heterocycles. The molecule has 18 heavy (non-hydrogen) atoms. The normalized spacial score (nSPS) is 23.4. The maximum atomic E-state index is 12.4. The first-order chi connectivity index (χ1) is 8.52. The van der Waals surface area contributed by atoms with Crippen LogP contribution in [0.5, 0.6) is 0 Å². The van der Waals surface area contributed by atoms with Gasteiger partial charge < -0.3 is 15.7 Å². The summed E-state index contributed by atoms with van der Waals surface area (Å²) in [7, 11) is 0. The van der Waals surface area contributed by atoms with Gasteiger partial charge in [0.2, 0.25) is 0 Å². The molecule has 2 rings (SSSR count). The molecule has 1 aromatic carbocycles. The third-order valence-electron chi connectivity index (χ3n) is 3.50. The first-order valence-electron chi connectivity index (χ1n) is 6.01. The van der Waals surface area contributed by atoms with Crippen LogP contribution in [-0.2, 0) is 0 Å². The molecule has 2 unspecified atom stereocenters. The standard InChI is InChI=1S/C13H17IN2O2/c1-8-2-3-16(12(8)7-17)13(18)9-4-10(14)6-11(15)5-9/h4-6,8,12,17H,2-3,7,15H2,1H3. The number of amides is 1. The molecule has 1 aliphatic heterocycles.